The van der Waals surface area contributed by atoms with E-state index in [1.807, 2.05) is 0 Å². The Hall–Kier alpha value is -0.00312. The molecular weight excluding hydrogens is 386 g/mol. The number of carbonyl (C=O) groups excluding carboxylic acids is 1. The highest BCUT2D eigenvalue weighted by atomic mass is 32.2. The summed E-state index contributed by atoms with van der Waals surface area (Å²) in [5.74, 6) is 1.25. The molecule has 27 heavy (non-hydrogen) atoms. The van der Waals surface area contributed by atoms with E-state index in [-0.39, 0.29) is 5.12 Å². The molecule has 2 unspecified atom stereocenters. The predicted molar refractivity (Wildman–Crippen MR) is 110 cm³/mol. The van der Waals surface area contributed by atoms with Crippen molar-refractivity contribution in [1.29, 1.82) is 0 Å². The molecule has 0 aromatic heterocycles. The number of thioether (sulfide) groups is 1. The largest absolute Gasteiger partial charge is 0.518 e. The fourth-order valence-electron chi connectivity index (χ4n) is 2.44. The van der Waals surface area contributed by atoms with Gasteiger partial charge in [0.15, 0.2) is 5.12 Å². The Bertz CT molecular complexity index is 381. The summed E-state index contributed by atoms with van der Waals surface area (Å²) in [5.41, 5.74) is 3.04. The summed E-state index contributed by atoms with van der Waals surface area (Å²) in [6, 6.07) is 0.689. The lowest BCUT2D eigenvalue weighted by atomic mass is 10.1. The minimum absolute atomic E-state index is 0.132. The minimum atomic E-state index is -2.80. The summed E-state index contributed by atoms with van der Waals surface area (Å²) in [6.07, 6.45) is 4.01. The quantitative estimate of drug-likeness (QED) is 0.338. The molecule has 1 aliphatic heterocycles. The first-order chi connectivity index (χ1) is 13.1. The van der Waals surface area contributed by atoms with Crippen LogP contribution in [0.2, 0.25) is 6.04 Å². The number of hydrogen-bond acceptors (Lipinski definition) is 8. The maximum atomic E-state index is 11.1. The first-order valence-electron chi connectivity index (χ1n) is 10.1. The van der Waals surface area contributed by atoms with E-state index < -0.39 is 8.80 Å². The zero-order valence-corrected chi connectivity index (χ0v) is 18.9. The molecule has 1 fully saturated rings. The number of rotatable bonds is 14. The molecule has 0 radical (unpaired) electrons. The van der Waals surface area contributed by atoms with Gasteiger partial charge >= 0.3 is 8.80 Å². The van der Waals surface area contributed by atoms with E-state index in [4.69, 9.17) is 22.9 Å². The number of carbonyl (C=O) groups is 1. The van der Waals surface area contributed by atoms with Crippen molar-refractivity contribution < 1.29 is 27.6 Å². The van der Waals surface area contributed by atoms with Crippen molar-refractivity contribution in [3.8, 4) is 0 Å². The summed E-state index contributed by atoms with van der Waals surface area (Å²) in [7, 11) is -2.80. The lowest BCUT2D eigenvalue weighted by molar-refractivity contribution is -0.109. The minimum Gasteiger partial charge on any atom is -0.379 e. The van der Waals surface area contributed by atoms with E-state index in [1.165, 1.54) is 11.8 Å². The van der Waals surface area contributed by atoms with Gasteiger partial charge in [-0.3, -0.25) is 9.32 Å². The van der Waals surface area contributed by atoms with Gasteiger partial charge in [0.1, 0.15) is 0 Å². The van der Waals surface area contributed by atoms with Crippen molar-refractivity contribution in [2.75, 3.05) is 51.9 Å². The van der Waals surface area contributed by atoms with Gasteiger partial charge in [-0.2, -0.15) is 0 Å². The molecule has 1 N–H and O–H groups in total. The fourth-order valence-corrected chi connectivity index (χ4v) is 5.60. The summed E-state index contributed by atoms with van der Waals surface area (Å²) in [5, 5.41) is 0.132. The van der Waals surface area contributed by atoms with Crippen LogP contribution in [0.4, 0.5) is 0 Å². The van der Waals surface area contributed by atoms with E-state index in [0.29, 0.717) is 45.0 Å². The maximum Gasteiger partial charge on any atom is 0.518 e. The summed E-state index contributed by atoms with van der Waals surface area (Å²) < 4.78 is 29.1. The summed E-state index contributed by atoms with van der Waals surface area (Å²) >= 11 is 1.33. The van der Waals surface area contributed by atoms with Crippen LogP contribution < -0.4 is 5.48 Å². The second-order valence-electron chi connectivity index (χ2n) is 6.75. The maximum absolute atomic E-state index is 11.1. The molecule has 2 atom stereocenters. The zero-order valence-electron chi connectivity index (χ0n) is 17.1. The van der Waals surface area contributed by atoms with Gasteiger partial charge in [0.05, 0.1) is 26.4 Å². The van der Waals surface area contributed by atoms with Gasteiger partial charge in [-0.15, -0.1) is 0 Å². The van der Waals surface area contributed by atoms with Gasteiger partial charge in [-0.25, -0.2) is 5.48 Å². The van der Waals surface area contributed by atoms with E-state index in [9.17, 15) is 4.79 Å². The van der Waals surface area contributed by atoms with E-state index in [0.717, 1.165) is 44.6 Å². The van der Waals surface area contributed by atoms with Gasteiger partial charge in [-0.1, -0.05) is 32.0 Å². The van der Waals surface area contributed by atoms with Crippen LogP contribution in [0.15, 0.2) is 0 Å². The van der Waals surface area contributed by atoms with Crippen LogP contribution >= 0.6 is 11.8 Å². The highest BCUT2D eigenvalue weighted by Crippen LogP contribution is 2.21. The highest BCUT2D eigenvalue weighted by Gasteiger charge is 2.42. The molecule has 1 heterocycles. The Balaban J connectivity index is 2.31. The van der Waals surface area contributed by atoms with Gasteiger partial charge in [-0.05, 0) is 25.2 Å². The van der Waals surface area contributed by atoms with Crippen LogP contribution in [0.1, 0.15) is 46.5 Å². The van der Waals surface area contributed by atoms with Gasteiger partial charge in [0.2, 0.25) is 0 Å². The van der Waals surface area contributed by atoms with E-state index >= 15 is 0 Å². The van der Waals surface area contributed by atoms with Crippen molar-refractivity contribution in [3.63, 3.8) is 0 Å². The first kappa shape index (κ1) is 25.0. The number of nitrogens with one attached hydrogen (secondary N) is 1. The molecule has 0 aliphatic carbocycles. The highest BCUT2D eigenvalue weighted by molar-refractivity contribution is 8.13. The molecule has 9 heteroatoms. The number of ether oxygens (including phenoxy) is 2. The second kappa shape index (κ2) is 15.9. The molecule has 0 amide bonds. The Morgan fingerprint density at radius 3 is 2.67 bits per heavy atom. The van der Waals surface area contributed by atoms with Crippen molar-refractivity contribution in [2.24, 2.45) is 5.92 Å². The molecule has 160 valence electrons. The molecular formula is C18H37NO6SSi. The van der Waals surface area contributed by atoms with E-state index in [1.54, 1.807) is 6.92 Å². The molecule has 0 aromatic rings. The standard InChI is InChI=1S/C18H37NO6SSi/c1-4-5-8-21-10-11-22-12-13-24-27(15-6-14-26-18(3)20)23-9-7-17(2)16-19-25-27/h17,19H,4-16H2,1-3H3. The average molecular weight is 424 g/mol. The molecule has 1 aliphatic rings. The number of hydrogen-bond donors (Lipinski definition) is 1. The van der Waals surface area contributed by atoms with Crippen LogP contribution in [0.25, 0.3) is 0 Å². The Morgan fingerprint density at radius 1 is 1.19 bits per heavy atom. The molecule has 1 saturated heterocycles. The third kappa shape index (κ3) is 13.0. The summed E-state index contributed by atoms with van der Waals surface area (Å²) in [4.78, 5) is 11.1. The third-order valence-electron chi connectivity index (χ3n) is 4.09. The zero-order chi connectivity index (χ0) is 19.8. The Labute approximate surface area is 169 Å². The molecule has 7 nitrogen and oxygen atoms in total. The predicted octanol–water partition coefficient (Wildman–Crippen LogP) is 3.02. The Kier molecular flexibility index (Phi) is 14.7. The third-order valence-corrected chi connectivity index (χ3v) is 7.70. The van der Waals surface area contributed by atoms with Crippen LogP contribution in [-0.2, 0) is 27.6 Å². The SMILES string of the molecule is CCCCOCCOCCO[Si]1(CCCSC(C)=O)OCCC(C)CNO1. The Morgan fingerprint density at radius 2 is 1.93 bits per heavy atom. The number of unbranched alkanes of at least 4 members (excludes halogenated alkanes) is 1. The molecule has 0 aromatic carbocycles. The first-order valence-corrected chi connectivity index (χ1v) is 13.0. The van der Waals surface area contributed by atoms with Crippen LogP contribution in [-0.4, -0.2) is 65.9 Å². The second-order valence-corrected chi connectivity index (χ2v) is 10.7. The van der Waals surface area contributed by atoms with Crippen molar-refractivity contribution in [2.45, 2.75) is 52.5 Å². The summed E-state index contributed by atoms with van der Waals surface area (Å²) in [6.45, 7) is 10.2. The van der Waals surface area contributed by atoms with Crippen LogP contribution in [0, 0.1) is 5.92 Å². The lowest BCUT2D eigenvalue weighted by Crippen LogP contribution is -2.52. The van der Waals surface area contributed by atoms with Crippen molar-refractivity contribution in [1.82, 2.24) is 5.48 Å². The van der Waals surface area contributed by atoms with Crippen LogP contribution in [0.5, 0.6) is 0 Å². The monoisotopic (exact) mass is 423 g/mol. The normalized spacial score (nSPS) is 23.7. The molecule has 0 bridgehead atoms. The van der Waals surface area contributed by atoms with Crippen molar-refractivity contribution >= 4 is 25.7 Å². The fraction of sp³-hybridized carbons (Fsp3) is 0.944. The van der Waals surface area contributed by atoms with Crippen LogP contribution in [0.3, 0.4) is 0 Å². The topological polar surface area (TPSA) is 75.3 Å². The van der Waals surface area contributed by atoms with E-state index in [2.05, 4.69) is 19.3 Å². The van der Waals surface area contributed by atoms with Gasteiger partial charge in [0, 0.05) is 38.5 Å². The molecule has 1 rings (SSSR count). The van der Waals surface area contributed by atoms with Gasteiger partial charge < -0.3 is 18.3 Å². The average Bonchev–Trinajstić information content (AvgIpc) is 2.62. The molecule has 0 spiro atoms. The smallest absolute Gasteiger partial charge is 0.379 e. The number of hydroxylamine groups is 1. The molecule has 0 saturated carbocycles. The lowest BCUT2D eigenvalue weighted by Gasteiger charge is -2.32. The van der Waals surface area contributed by atoms with Gasteiger partial charge in [0.25, 0.3) is 0 Å². The van der Waals surface area contributed by atoms with Crippen molar-refractivity contribution in [3.05, 3.63) is 0 Å².